The molecule has 0 aliphatic carbocycles. The van der Waals surface area contributed by atoms with Crippen LogP contribution in [-0.2, 0) is 11.2 Å². The molecular weight excluding hydrogens is 365 g/mol. The van der Waals surface area contributed by atoms with Gasteiger partial charge in [-0.1, -0.05) is 30.8 Å². The number of carboxylic acids is 1. The van der Waals surface area contributed by atoms with Gasteiger partial charge in [0.15, 0.2) is 0 Å². The zero-order chi connectivity index (χ0) is 19.9. The monoisotopic (exact) mass is 396 g/mol. The number of hydrogen-bond donors (Lipinski definition) is 2. The molecule has 1 fully saturated rings. The van der Waals surface area contributed by atoms with E-state index in [0.717, 1.165) is 70.0 Å². The molecule has 0 aromatic heterocycles. The number of rotatable bonds is 10. The quantitative estimate of drug-likeness (QED) is 0.471. The predicted octanol–water partition coefficient (Wildman–Crippen LogP) is 3.13. The third-order valence-electron chi connectivity index (χ3n) is 5.77. The van der Waals surface area contributed by atoms with Crippen molar-refractivity contribution in [2.75, 3.05) is 19.6 Å². The van der Waals surface area contributed by atoms with E-state index in [0.29, 0.717) is 11.4 Å². The fraction of sp³-hybridized carbons (Fsp3) is 0.650. The largest absolute Gasteiger partial charge is 0.480 e. The Morgan fingerprint density at radius 2 is 2.00 bits per heavy atom. The zero-order valence-electron chi connectivity index (χ0n) is 16.2. The summed E-state index contributed by atoms with van der Waals surface area (Å²) in [5.74, 6) is -1.13. The van der Waals surface area contributed by atoms with Crippen LogP contribution in [0.15, 0.2) is 18.2 Å². The maximum Gasteiger partial charge on any atom is 0.323 e. The number of carboxylic acid groups (broad SMARTS) is 1. The number of nitrogens with zero attached hydrogens (tertiary/aromatic N) is 1. The lowest BCUT2D eigenvalue weighted by Crippen LogP contribution is -2.57. The first kappa shape index (κ1) is 22.2. The Morgan fingerprint density at radius 3 is 2.59 bits per heavy atom. The Morgan fingerprint density at radius 1 is 1.30 bits per heavy atom. The van der Waals surface area contributed by atoms with Gasteiger partial charge in [0.2, 0.25) is 0 Å². The summed E-state index contributed by atoms with van der Waals surface area (Å²) in [4.78, 5) is 14.2. The summed E-state index contributed by atoms with van der Waals surface area (Å²) in [6.07, 6.45) is 6.86. The molecular formula is C20H31BClFN2O2. The van der Waals surface area contributed by atoms with Crippen LogP contribution in [0, 0.1) is 11.7 Å². The van der Waals surface area contributed by atoms with E-state index in [2.05, 4.69) is 12.7 Å². The van der Waals surface area contributed by atoms with Crippen LogP contribution in [0.2, 0.25) is 11.3 Å². The van der Waals surface area contributed by atoms with Crippen molar-refractivity contribution in [3.05, 3.63) is 34.6 Å². The van der Waals surface area contributed by atoms with Crippen molar-refractivity contribution in [1.82, 2.24) is 4.90 Å². The van der Waals surface area contributed by atoms with Gasteiger partial charge < -0.3 is 15.7 Å². The molecule has 4 nitrogen and oxygen atoms in total. The third-order valence-corrected chi connectivity index (χ3v) is 5.99. The molecule has 150 valence electrons. The molecule has 0 spiro atoms. The molecule has 0 bridgehead atoms. The first-order valence-electron chi connectivity index (χ1n) is 10.0. The van der Waals surface area contributed by atoms with Crippen molar-refractivity contribution in [2.24, 2.45) is 11.7 Å². The van der Waals surface area contributed by atoms with Crippen molar-refractivity contribution in [1.29, 1.82) is 0 Å². The molecule has 1 saturated heterocycles. The first-order valence-corrected chi connectivity index (χ1v) is 10.4. The Bertz CT molecular complexity index is 606. The van der Waals surface area contributed by atoms with Crippen LogP contribution in [-0.4, -0.2) is 49.0 Å². The average Bonchev–Trinajstić information content (AvgIpc) is 2.61. The van der Waals surface area contributed by atoms with Gasteiger partial charge in [-0.3, -0.25) is 4.79 Å². The minimum Gasteiger partial charge on any atom is -0.480 e. The van der Waals surface area contributed by atoms with Crippen molar-refractivity contribution in [2.45, 2.75) is 56.8 Å². The summed E-state index contributed by atoms with van der Waals surface area (Å²) in [5, 5.41) is 10.1. The van der Waals surface area contributed by atoms with Gasteiger partial charge in [0.05, 0.1) is 0 Å². The smallest absolute Gasteiger partial charge is 0.323 e. The number of likely N-dealkylation sites (tertiary alicyclic amines) is 1. The van der Waals surface area contributed by atoms with E-state index in [4.69, 9.17) is 17.3 Å². The van der Waals surface area contributed by atoms with Gasteiger partial charge in [-0.15, -0.1) is 0 Å². The molecule has 1 aliphatic heterocycles. The van der Waals surface area contributed by atoms with Gasteiger partial charge in [0.1, 0.15) is 19.2 Å². The molecule has 7 heteroatoms. The van der Waals surface area contributed by atoms with E-state index in [1.807, 2.05) is 6.07 Å². The number of aliphatic carboxylic acids is 1. The molecule has 3 N–H and O–H groups in total. The van der Waals surface area contributed by atoms with Crippen LogP contribution in [0.4, 0.5) is 4.39 Å². The summed E-state index contributed by atoms with van der Waals surface area (Å²) in [7, 11) is 2.11. The Kier molecular flexibility index (Phi) is 8.58. The van der Waals surface area contributed by atoms with Crippen molar-refractivity contribution < 1.29 is 14.3 Å². The maximum absolute atomic E-state index is 13.4. The summed E-state index contributed by atoms with van der Waals surface area (Å²) < 4.78 is 13.4. The number of piperidine rings is 1. The van der Waals surface area contributed by atoms with Crippen LogP contribution in [0.5, 0.6) is 0 Å². The summed E-state index contributed by atoms with van der Waals surface area (Å²) in [6, 6.07) is 4.66. The molecule has 1 atom stereocenters. The summed E-state index contributed by atoms with van der Waals surface area (Å²) in [5.41, 5.74) is 6.16. The van der Waals surface area contributed by atoms with Gasteiger partial charge >= 0.3 is 5.97 Å². The second-order valence-electron chi connectivity index (χ2n) is 7.80. The van der Waals surface area contributed by atoms with Crippen LogP contribution < -0.4 is 5.73 Å². The van der Waals surface area contributed by atoms with Gasteiger partial charge in [0, 0.05) is 5.02 Å². The highest BCUT2D eigenvalue weighted by atomic mass is 35.5. The van der Waals surface area contributed by atoms with Gasteiger partial charge in [-0.05, 0) is 81.4 Å². The molecule has 1 aromatic carbocycles. The third kappa shape index (κ3) is 6.47. The predicted molar refractivity (Wildman–Crippen MR) is 111 cm³/mol. The zero-order valence-corrected chi connectivity index (χ0v) is 17.0. The summed E-state index contributed by atoms with van der Waals surface area (Å²) in [6.45, 7) is 2.66. The van der Waals surface area contributed by atoms with Crippen LogP contribution in [0.25, 0.3) is 0 Å². The van der Waals surface area contributed by atoms with E-state index in [9.17, 15) is 14.3 Å². The number of hydrogen-bond acceptors (Lipinski definition) is 3. The molecule has 1 heterocycles. The van der Waals surface area contributed by atoms with E-state index < -0.39 is 11.5 Å². The second-order valence-corrected chi connectivity index (χ2v) is 8.24. The van der Waals surface area contributed by atoms with E-state index >= 15 is 0 Å². The second kappa shape index (κ2) is 10.4. The van der Waals surface area contributed by atoms with Crippen molar-refractivity contribution in [3.63, 3.8) is 0 Å². The number of halogens is 2. The lowest BCUT2D eigenvalue weighted by atomic mass is 9.75. The Labute approximate surface area is 167 Å². The molecule has 2 rings (SSSR count). The topological polar surface area (TPSA) is 66.6 Å². The van der Waals surface area contributed by atoms with E-state index in [1.54, 1.807) is 0 Å². The maximum atomic E-state index is 13.4. The minimum atomic E-state index is -1.10. The fourth-order valence-electron chi connectivity index (χ4n) is 4.09. The fourth-order valence-corrected chi connectivity index (χ4v) is 4.33. The van der Waals surface area contributed by atoms with Gasteiger partial charge in [-0.2, -0.15) is 0 Å². The average molecular weight is 397 g/mol. The number of aryl methyl sites for hydroxylation is 1. The molecule has 1 aromatic rings. The van der Waals surface area contributed by atoms with Gasteiger partial charge in [0.25, 0.3) is 0 Å². The standard InChI is InChI=1S/C20H31BClFN2O2/c21-8-2-1-7-20(24,19(26)27)16-5-10-25(11-6-16)9-3-4-15-12-17(22)14-18(23)13-15/h12-14,16H,1-11,21,24H2,(H,26,27). The van der Waals surface area contributed by atoms with Gasteiger partial charge in [-0.25, -0.2) is 4.39 Å². The lowest BCUT2D eigenvalue weighted by molar-refractivity contribution is -0.147. The number of unbranched alkanes of at least 4 members (excludes halogenated alkanes) is 1. The minimum absolute atomic E-state index is 0.0325. The first-order chi connectivity index (χ1) is 12.8. The lowest BCUT2D eigenvalue weighted by Gasteiger charge is -2.40. The van der Waals surface area contributed by atoms with E-state index in [-0.39, 0.29) is 11.7 Å². The van der Waals surface area contributed by atoms with E-state index in [1.165, 1.54) is 12.1 Å². The highest BCUT2D eigenvalue weighted by Crippen LogP contribution is 2.31. The molecule has 1 unspecified atom stereocenters. The number of benzene rings is 1. The van der Waals surface area contributed by atoms with Crippen LogP contribution >= 0.6 is 11.6 Å². The Hall–Kier alpha value is -1.11. The highest BCUT2D eigenvalue weighted by molar-refractivity contribution is 6.30. The SMILES string of the molecule is BCCCCC(N)(C(=O)O)C1CCN(CCCc2cc(F)cc(Cl)c2)CC1. The highest BCUT2D eigenvalue weighted by Gasteiger charge is 2.42. The molecule has 1 aliphatic rings. The molecule has 0 radical (unpaired) electrons. The van der Waals surface area contributed by atoms with Crippen molar-refractivity contribution >= 4 is 25.4 Å². The normalized spacial score (nSPS) is 18.3. The number of carbonyl (C=O) groups is 1. The molecule has 27 heavy (non-hydrogen) atoms. The summed E-state index contributed by atoms with van der Waals surface area (Å²) >= 11 is 5.90. The number of nitrogens with two attached hydrogens (primary N) is 1. The molecule has 0 amide bonds. The molecule has 0 saturated carbocycles. The van der Waals surface area contributed by atoms with Crippen LogP contribution in [0.3, 0.4) is 0 Å². The van der Waals surface area contributed by atoms with Crippen LogP contribution in [0.1, 0.15) is 44.1 Å². The van der Waals surface area contributed by atoms with Crippen molar-refractivity contribution in [3.8, 4) is 0 Å². The Balaban J connectivity index is 1.79.